The van der Waals surface area contributed by atoms with Gasteiger partial charge in [0.2, 0.25) is 0 Å². The van der Waals surface area contributed by atoms with Crippen molar-refractivity contribution in [2.24, 2.45) is 5.73 Å². The van der Waals surface area contributed by atoms with Gasteiger partial charge >= 0.3 is 0 Å². The van der Waals surface area contributed by atoms with Gasteiger partial charge in [0.25, 0.3) is 0 Å². The number of morpholine rings is 1. The molecule has 1 saturated carbocycles. The second-order valence-corrected chi connectivity index (χ2v) is 5.14. The van der Waals surface area contributed by atoms with E-state index in [1.54, 1.807) is 0 Å². The summed E-state index contributed by atoms with van der Waals surface area (Å²) in [6, 6.07) is 1.36. The van der Waals surface area contributed by atoms with Gasteiger partial charge in [0.05, 0.1) is 12.7 Å². The van der Waals surface area contributed by atoms with Crippen LogP contribution in [0, 0.1) is 0 Å². The molecule has 0 spiro atoms. The fourth-order valence-corrected chi connectivity index (χ4v) is 3.38. The first-order valence-electron chi connectivity index (χ1n) is 6.94. The zero-order chi connectivity index (χ0) is 11.4. The Kier molecular flexibility index (Phi) is 4.62. The minimum atomic E-state index is 0.509. The largest absolute Gasteiger partial charge is 0.375 e. The molecular formula is C13H26N2O. The molecule has 2 N–H and O–H groups in total. The van der Waals surface area contributed by atoms with E-state index in [4.69, 9.17) is 10.5 Å². The van der Waals surface area contributed by atoms with E-state index < -0.39 is 0 Å². The van der Waals surface area contributed by atoms with Crippen LogP contribution in [0.1, 0.15) is 45.4 Å². The molecule has 0 radical (unpaired) electrons. The molecule has 1 aliphatic carbocycles. The van der Waals surface area contributed by atoms with E-state index in [2.05, 4.69) is 11.8 Å². The molecule has 3 heteroatoms. The van der Waals surface area contributed by atoms with Crippen molar-refractivity contribution in [2.45, 2.75) is 63.6 Å². The lowest BCUT2D eigenvalue weighted by Gasteiger charge is -2.47. The predicted octanol–water partition coefficient (Wildman–Crippen LogP) is 1.76. The lowest BCUT2D eigenvalue weighted by atomic mass is 9.88. The molecule has 3 atom stereocenters. The molecular weight excluding hydrogens is 200 g/mol. The van der Waals surface area contributed by atoms with E-state index in [-0.39, 0.29) is 0 Å². The second kappa shape index (κ2) is 5.99. The fraction of sp³-hybridized carbons (Fsp3) is 1.00. The quantitative estimate of drug-likeness (QED) is 0.794. The summed E-state index contributed by atoms with van der Waals surface area (Å²) in [6.07, 6.45) is 8.18. The van der Waals surface area contributed by atoms with Gasteiger partial charge in [-0.15, -0.1) is 0 Å². The van der Waals surface area contributed by atoms with E-state index in [0.717, 1.165) is 26.1 Å². The summed E-state index contributed by atoms with van der Waals surface area (Å²) in [5.41, 5.74) is 5.72. The van der Waals surface area contributed by atoms with Crippen LogP contribution in [0.25, 0.3) is 0 Å². The molecule has 3 nitrogen and oxygen atoms in total. The third-order valence-electron chi connectivity index (χ3n) is 4.22. The third kappa shape index (κ3) is 2.58. The maximum Gasteiger partial charge on any atom is 0.0731 e. The van der Waals surface area contributed by atoms with Crippen LogP contribution in [-0.4, -0.2) is 42.8 Å². The van der Waals surface area contributed by atoms with Gasteiger partial charge in [-0.25, -0.2) is 0 Å². The van der Waals surface area contributed by atoms with Gasteiger partial charge in [-0.2, -0.15) is 0 Å². The van der Waals surface area contributed by atoms with E-state index in [0.29, 0.717) is 18.2 Å². The van der Waals surface area contributed by atoms with Crippen molar-refractivity contribution in [1.82, 2.24) is 4.90 Å². The normalized spacial score (nSPS) is 33.4. The smallest absolute Gasteiger partial charge is 0.0731 e. The van der Waals surface area contributed by atoms with Crippen molar-refractivity contribution >= 4 is 0 Å². The van der Waals surface area contributed by atoms with Crippen LogP contribution in [0.4, 0.5) is 0 Å². The molecule has 1 heterocycles. The van der Waals surface area contributed by atoms with E-state index in [1.807, 2.05) is 0 Å². The molecule has 1 saturated heterocycles. The van der Waals surface area contributed by atoms with Crippen molar-refractivity contribution in [1.29, 1.82) is 0 Å². The van der Waals surface area contributed by atoms with Gasteiger partial charge in [-0.05, 0) is 32.2 Å². The Hall–Kier alpha value is -0.120. The van der Waals surface area contributed by atoms with E-state index >= 15 is 0 Å². The average molecular weight is 226 g/mol. The Balaban J connectivity index is 2.00. The summed E-state index contributed by atoms with van der Waals surface area (Å²) in [6.45, 7) is 5.13. The molecule has 1 aliphatic heterocycles. The van der Waals surface area contributed by atoms with Crippen LogP contribution < -0.4 is 5.73 Å². The molecule has 3 unspecified atom stereocenters. The van der Waals surface area contributed by atoms with Crippen LogP contribution >= 0.6 is 0 Å². The van der Waals surface area contributed by atoms with Crippen molar-refractivity contribution < 1.29 is 4.74 Å². The van der Waals surface area contributed by atoms with Crippen LogP contribution in [0.5, 0.6) is 0 Å². The van der Waals surface area contributed by atoms with Crippen molar-refractivity contribution in [3.8, 4) is 0 Å². The summed E-state index contributed by atoms with van der Waals surface area (Å²) in [7, 11) is 0. The molecule has 16 heavy (non-hydrogen) atoms. The maximum absolute atomic E-state index is 5.91. The van der Waals surface area contributed by atoms with Crippen molar-refractivity contribution in [2.75, 3.05) is 19.7 Å². The van der Waals surface area contributed by atoms with Gasteiger partial charge in [0.15, 0.2) is 0 Å². The fourth-order valence-electron chi connectivity index (χ4n) is 3.38. The zero-order valence-electron chi connectivity index (χ0n) is 10.5. The van der Waals surface area contributed by atoms with Crippen molar-refractivity contribution in [3.63, 3.8) is 0 Å². The van der Waals surface area contributed by atoms with Crippen LogP contribution in [0.3, 0.4) is 0 Å². The van der Waals surface area contributed by atoms with Gasteiger partial charge in [0.1, 0.15) is 0 Å². The first kappa shape index (κ1) is 12.3. The van der Waals surface area contributed by atoms with Crippen molar-refractivity contribution in [3.05, 3.63) is 0 Å². The lowest BCUT2D eigenvalue weighted by molar-refractivity contribution is -0.103. The first-order valence-corrected chi connectivity index (χ1v) is 6.94. The molecule has 2 fully saturated rings. The Labute approximate surface area is 99.3 Å². The number of rotatable bonds is 4. The Morgan fingerprint density at radius 2 is 2.19 bits per heavy atom. The lowest BCUT2D eigenvalue weighted by Crippen LogP contribution is -2.56. The maximum atomic E-state index is 5.91. The second-order valence-electron chi connectivity index (χ2n) is 5.14. The van der Waals surface area contributed by atoms with Gasteiger partial charge in [-0.1, -0.05) is 19.8 Å². The summed E-state index contributed by atoms with van der Waals surface area (Å²) < 4.78 is 5.91. The number of nitrogens with two attached hydrogens (primary N) is 1. The topological polar surface area (TPSA) is 38.5 Å². The zero-order valence-corrected chi connectivity index (χ0v) is 10.5. The molecule has 2 aliphatic rings. The number of fused-ring (bicyclic) bond motifs is 1. The highest BCUT2D eigenvalue weighted by Crippen LogP contribution is 2.30. The van der Waals surface area contributed by atoms with E-state index in [9.17, 15) is 0 Å². The number of hydrogen-bond donors (Lipinski definition) is 1. The summed E-state index contributed by atoms with van der Waals surface area (Å²) in [5.74, 6) is 0. The average Bonchev–Trinajstić information content (AvgIpc) is 2.35. The van der Waals surface area contributed by atoms with Gasteiger partial charge < -0.3 is 10.5 Å². The summed E-state index contributed by atoms with van der Waals surface area (Å²) >= 11 is 0. The third-order valence-corrected chi connectivity index (χ3v) is 4.22. The van der Waals surface area contributed by atoms with Gasteiger partial charge in [0, 0.05) is 18.6 Å². The van der Waals surface area contributed by atoms with Crippen LogP contribution in [-0.2, 0) is 4.74 Å². The molecule has 0 aromatic heterocycles. The monoisotopic (exact) mass is 226 g/mol. The minimum Gasteiger partial charge on any atom is -0.375 e. The number of ether oxygens (including phenoxy) is 1. The molecule has 2 rings (SSSR count). The molecule has 0 aromatic rings. The molecule has 0 aromatic carbocycles. The molecule has 94 valence electrons. The standard InChI is InChI=1S/C13H26N2O/c1-2-11(7-8-14)15-9-10-16-13-6-4-3-5-12(13)15/h11-13H,2-10,14H2,1H3. The van der Waals surface area contributed by atoms with E-state index in [1.165, 1.54) is 32.1 Å². The summed E-state index contributed by atoms with van der Waals surface area (Å²) in [5, 5.41) is 0. The Morgan fingerprint density at radius 3 is 2.94 bits per heavy atom. The summed E-state index contributed by atoms with van der Waals surface area (Å²) in [4.78, 5) is 2.69. The van der Waals surface area contributed by atoms with Crippen LogP contribution in [0.15, 0.2) is 0 Å². The first-order chi connectivity index (χ1) is 7.86. The predicted molar refractivity (Wildman–Crippen MR) is 66.5 cm³/mol. The highest BCUT2D eigenvalue weighted by atomic mass is 16.5. The van der Waals surface area contributed by atoms with Gasteiger partial charge in [-0.3, -0.25) is 4.90 Å². The minimum absolute atomic E-state index is 0.509. The highest BCUT2D eigenvalue weighted by molar-refractivity contribution is 4.90. The Morgan fingerprint density at radius 1 is 1.38 bits per heavy atom. The molecule has 0 bridgehead atoms. The molecule has 0 amide bonds. The number of hydrogen-bond acceptors (Lipinski definition) is 3. The highest BCUT2D eigenvalue weighted by Gasteiger charge is 2.36. The SMILES string of the molecule is CCC(CCN)N1CCOC2CCCCC21. The van der Waals surface area contributed by atoms with Crippen LogP contribution in [0.2, 0.25) is 0 Å². The Bertz CT molecular complexity index is 208. The number of nitrogens with zero attached hydrogens (tertiary/aromatic N) is 1.